The SMILES string of the molecule is CC(C)(C)c1cc(C(C)(C)C)c(P=c2c(-c3ccc(-c4cccs4)s3)c(-c3ccc(-c4cccs4)s3)c2=Pc2c(C(C)(C)C)cc(C(C)(C)C)cc2C(C)(C)C)c(C(C)(C)C)c1. The molecule has 7 aromatic rings. The van der Waals surface area contributed by atoms with Gasteiger partial charge >= 0.3 is 0 Å². The molecule has 0 nitrogen and oxygen atoms in total. The molecule has 0 spiro atoms. The van der Waals surface area contributed by atoms with Crippen LogP contribution in [0.15, 0.2) is 83.6 Å². The molecule has 0 aliphatic carbocycles. The van der Waals surface area contributed by atoms with Crippen LogP contribution >= 0.6 is 61.8 Å². The minimum Gasteiger partial charge on any atom is -0.143 e. The van der Waals surface area contributed by atoms with Crippen LogP contribution in [-0.2, 0) is 32.5 Å². The lowest BCUT2D eigenvalue weighted by atomic mass is 9.75. The standard InChI is InChI=1S/C56H68P2S4/c1-51(2,3)33-29-35(53(7,8)9)47(36(30-33)54(10,11)12)57-49-45(43-25-23-41(61-43)39-21-19-27-59-39)46(44-26-24-42(62-44)40-22-20-28-60-40)50(49)58-48-37(55(13,14)15)31-34(52(4,5)6)32-38(48)56(16,17)18/h19-32H,1-18H3. The van der Waals surface area contributed by atoms with Crippen molar-refractivity contribution in [3.63, 3.8) is 0 Å². The summed E-state index contributed by atoms with van der Waals surface area (Å²) >= 11 is 7.60. The quantitative estimate of drug-likeness (QED) is 0.146. The number of benzene rings is 2. The molecule has 326 valence electrons. The normalized spacial score (nSPS) is 14.2. The largest absolute Gasteiger partial charge is 0.143 e. The summed E-state index contributed by atoms with van der Waals surface area (Å²) in [5.74, 6) is 0. The van der Waals surface area contributed by atoms with Gasteiger partial charge in [-0.2, -0.15) is 0 Å². The van der Waals surface area contributed by atoms with Crippen molar-refractivity contribution in [2.75, 3.05) is 0 Å². The van der Waals surface area contributed by atoms with E-state index in [2.05, 4.69) is 208 Å². The molecule has 0 bridgehead atoms. The van der Waals surface area contributed by atoms with Gasteiger partial charge in [-0.15, -0.1) is 45.3 Å². The van der Waals surface area contributed by atoms with Crippen molar-refractivity contribution in [1.82, 2.24) is 0 Å². The Morgan fingerprint density at radius 2 is 0.629 bits per heavy atom. The van der Waals surface area contributed by atoms with E-state index in [1.165, 1.54) is 111 Å². The molecule has 0 atom stereocenters. The zero-order valence-electron chi connectivity index (χ0n) is 40.6. The van der Waals surface area contributed by atoms with Gasteiger partial charge in [0.1, 0.15) is 0 Å². The summed E-state index contributed by atoms with van der Waals surface area (Å²) in [5.41, 5.74) is 11.5. The number of hydrogen-bond acceptors (Lipinski definition) is 4. The van der Waals surface area contributed by atoms with Crippen molar-refractivity contribution in [2.24, 2.45) is 0 Å². The van der Waals surface area contributed by atoms with Crippen molar-refractivity contribution < 1.29 is 0 Å². The van der Waals surface area contributed by atoms with Crippen molar-refractivity contribution in [3.8, 4) is 40.4 Å². The fourth-order valence-corrected chi connectivity index (χ4v) is 15.9. The van der Waals surface area contributed by atoms with Crippen LogP contribution in [0.1, 0.15) is 158 Å². The Labute approximate surface area is 393 Å². The molecule has 4 aromatic heterocycles. The zero-order chi connectivity index (χ0) is 45.5. The molecule has 0 unspecified atom stereocenters. The third-order valence-electron chi connectivity index (χ3n) is 11.8. The van der Waals surface area contributed by atoms with E-state index in [9.17, 15) is 0 Å². The fourth-order valence-electron chi connectivity index (χ4n) is 8.04. The average molecular weight is 931 g/mol. The van der Waals surface area contributed by atoms with Gasteiger partial charge in [0.2, 0.25) is 0 Å². The summed E-state index contributed by atoms with van der Waals surface area (Å²) in [4.78, 5) is 11.1. The lowest BCUT2D eigenvalue weighted by molar-refractivity contribution is 0.553. The van der Waals surface area contributed by atoms with E-state index in [1.807, 2.05) is 45.3 Å². The molecule has 4 heterocycles. The van der Waals surface area contributed by atoms with E-state index in [-0.39, 0.29) is 32.5 Å². The predicted octanol–water partition coefficient (Wildman–Crippen LogP) is 18.9. The van der Waals surface area contributed by atoms with Gasteiger partial charge in [-0.1, -0.05) is 177 Å². The second-order valence-corrected chi connectivity index (χ2v) is 29.6. The van der Waals surface area contributed by atoms with E-state index in [4.69, 9.17) is 0 Å². The van der Waals surface area contributed by atoms with Gasteiger partial charge in [-0.05, 0) is 113 Å². The van der Waals surface area contributed by atoms with Crippen molar-refractivity contribution in [3.05, 3.63) is 127 Å². The van der Waals surface area contributed by atoms with E-state index in [0.29, 0.717) is 0 Å². The molecule has 0 radical (unpaired) electrons. The molecule has 0 N–H and O–H groups in total. The van der Waals surface area contributed by atoms with Crippen LogP contribution in [0.4, 0.5) is 0 Å². The minimum atomic E-state index is -0.0429. The average Bonchev–Trinajstić information content (AvgIpc) is 3.97. The predicted molar refractivity (Wildman–Crippen MR) is 287 cm³/mol. The highest BCUT2D eigenvalue weighted by Gasteiger charge is 2.33. The molecule has 6 heteroatoms. The molecular formula is C56H68P2S4. The first-order chi connectivity index (χ1) is 28.5. The first-order valence-electron chi connectivity index (χ1n) is 22.1. The molecule has 0 saturated carbocycles. The highest BCUT2D eigenvalue weighted by molar-refractivity contribution is 7.42. The monoisotopic (exact) mass is 930 g/mol. The summed E-state index contributed by atoms with van der Waals surface area (Å²) in [6.45, 7) is 43.3. The first kappa shape index (κ1) is 47.3. The van der Waals surface area contributed by atoms with Crippen LogP contribution in [0.5, 0.6) is 0 Å². The van der Waals surface area contributed by atoms with Gasteiger partial charge in [0.15, 0.2) is 0 Å². The Kier molecular flexibility index (Phi) is 12.7. The molecule has 0 fully saturated rings. The lowest BCUT2D eigenvalue weighted by Gasteiger charge is -2.33. The smallest absolute Gasteiger partial charge is 0.0449 e. The van der Waals surface area contributed by atoms with Crippen LogP contribution in [0.2, 0.25) is 0 Å². The van der Waals surface area contributed by atoms with Gasteiger partial charge < -0.3 is 0 Å². The molecular weight excluding hydrogens is 863 g/mol. The molecule has 0 aliphatic rings. The summed E-state index contributed by atoms with van der Waals surface area (Å²) in [7, 11) is 2.57. The maximum Gasteiger partial charge on any atom is 0.0449 e. The van der Waals surface area contributed by atoms with Crippen LogP contribution in [0.25, 0.3) is 40.4 Å². The number of rotatable bonds is 6. The summed E-state index contributed by atoms with van der Waals surface area (Å²) in [5, 5.41) is 7.37. The van der Waals surface area contributed by atoms with Crippen LogP contribution in [-0.4, -0.2) is 0 Å². The van der Waals surface area contributed by atoms with Gasteiger partial charge in [0.05, 0.1) is 0 Å². The fraction of sp³-hybridized carbons (Fsp3) is 0.429. The van der Waals surface area contributed by atoms with E-state index in [1.54, 1.807) is 0 Å². The van der Waals surface area contributed by atoms with Crippen molar-refractivity contribution in [2.45, 2.75) is 157 Å². The van der Waals surface area contributed by atoms with E-state index < -0.39 is 0 Å². The Bertz CT molecular complexity index is 2550. The molecule has 7 rings (SSSR count). The third-order valence-corrected chi connectivity index (χ3v) is 19.1. The second kappa shape index (κ2) is 16.6. The molecule has 0 aliphatic heterocycles. The Morgan fingerprint density at radius 1 is 0.339 bits per heavy atom. The van der Waals surface area contributed by atoms with E-state index >= 15 is 0 Å². The van der Waals surface area contributed by atoms with Gasteiger partial charge in [-0.3, -0.25) is 0 Å². The highest BCUT2D eigenvalue weighted by atomic mass is 32.1. The van der Waals surface area contributed by atoms with Crippen molar-refractivity contribution in [1.29, 1.82) is 0 Å². The van der Waals surface area contributed by atoms with Crippen LogP contribution in [0, 0.1) is 9.88 Å². The second-order valence-electron chi connectivity index (χ2n) is 23.3. The van der Waals surface area contributed by atoms with Crippen molar-refractivity contribution >= 4 is 72.4 Å². The number of thiophene rings is 4. The van der Waals surface area contributed by atoms with Gasteiger partial charge in [0, 0.05) is 60.9 Å². The maximum absolute atomic E-state index is 2.56. The minimum absolute atomic E-state index is 0.0354. The Morgan fingerprint density at radius 3 is 0.871 bits per heavy atom. The Balaban J connectivity index is 1.72. The van der Waals surface area contributed by atoms with Gasteiger partial charge in [0.25, 0.3) is 0 Å². The van der Waals surface area contributed by atoms with E-state index in [0.717, 1.165) is 0 Å². The summed E-state index contributed by atoms with van der Waals surface area (Å²) in [6, 6.07) is 28.7. The topological polar surface area (TPSA) is 0 Å². The summed E-state index contributed by atoms with van der Waals surface area (Å²) in [6.07, 6.45) is 0. The molecule has 0 saturated heterocycles. The molecule has 62 heavy (non-hydrogen) atoms. The molecule has 3 aromatic carbocycles. The van der Waals surface area contributed by atoms with Gasteiger partial charge in [-0.25, -0.2) is 0 Å². The maximum atomic E-state index is 2.56. The summed E-state index contributed by atoms with van der Waals surface area (Å²) < 4.78 is 0. The molecule has 0 amide bonds. The zero-order valence-corrected chi connectivity index (χ0v) is 45.7. The lowest BCUT2D eigenvalue weighted by Crippen LogP contribution is -2.30. The third kappa shape index (κ3) is 9.64. The first-order valence-corrected chi connectivity index (χ1v) is 27.3. The Hall–Kier alpha value is -2.68. The number of hydrogen-bond donors (Lipinski definition) is 0. The highest BCUT2D eigenvalue weighted by Crippen LogP contribution is 2.51. The van der Waals surface area contributed by atoms with Crippen LogP contribution < -0.4 is 10.6 Å². The van der Waals surface area contributed by atoms with Crippen LogP contribution in [0.3, 0.4) is 0 Å².